The molecule has 0 bridgehead atoms. The Morgan fingerprint density at radius 1 is 1.50 bits per heavy atom. The highest BCUT2D eigenvalue weighted by atomic mass is 32.2. The van der Waals surface area contributed by atoms with Gasteiger partial charge in [0.05, 0.1) is 5.69 Å². The summed E-state index contributed by atoms with van der Waals surface area (Å²) in [7, 11) is 0. The smallest absolute Gasteiger partial charge is 0.328 e. The fourth-order valence-electron chi connectivity index (χ4n) is 1.57. The summed E-state index contributed by atoms with van der Waals surface area (Å²) in [4.78, 5) is 14.6. The van der Waals surface area contributed by atoms with E-state index in [4.69, 9.17) is 9.52 Å². The molecule has 0 radical (unpaired) electrons. The zero-order chi connectivity index (χ0) is 14.5. The number of rotatable bonds is 5. The molecule has 0 aliphatic heterocycles. The molecular weight excluding hydrogens is 281 g/mol. The first-order valence-electron chi connectivity index (χ1n) is 5.78. The minimum atomic E-state index is -1.07. The van der Waals surface area contributed by atoms with E-state index in [1.54, 1.807) is 12.3 Å². The van der Waals surface area contributed by atoms with E-state index in [0.29, 0.717) is 16.5 Å². The molecule has 1 heterocycles. The highest BCUT2D eigenvalue weighted by Crippen LogP contribution is 2.23. The molecule has 0 spiro atoms. The van der Waals surface area contributed by atoms with E-state index < -0.39 is 11.8 Å². The molecule has 4 nitrogen and oxygen atoms in total. The standard InChI is InChI=1S/C14H12FNO3S/c1-9-7-19-14(16-9)20-8-11-4-10(2-3-13(17)18)5-12(15)6-11/h2-7H,8H2,1H3,(H,17,18)/b3-2+. The van der Waals surface area contributed by atoms with Crippen molar-refractivity contribution in [1.29, 1.82) is 0 Å². The summed E-state index contributed by atoms with van der Waals surface area (Å²) in [5.41, 5.74) is 2.03. The van der Waals surface area contributed by atoms with Crippen molar-refractivity contribution < 1.29 is 18.7 Å². The van der Waals surface area contributed by atoms with Crippen LogP contribution in [0.5, 0.6) is 0 Å². The zero-order valence-corrected chi connectivity index (χ0v) is 11.5. The molecule has 0 saturated heterocycles. The second kappa shape index (κ2) is 6.38. The van der Waals surface area contributed by atoms with Gasteiger partial charge >= 0.3 is 5.97 Å². The molecule has 1 aromatic heterocycles. The number of aliphatic carboxylic acids is 1. The maximum atomic E-state index is 13.5. The van der Waals surface area contributed by atoms with Crippen LogP contribution in [-0.2, 0) is 10.5 Å². The number of halogens is 1. The van der Waals surface area contributed by atoms with Crippen molar-refractivity contribution in [3.8, 4) is 0 Å². The van der Waals surface area contributed by atoms with Gasteiger partial charge in [-0.1, -0.05) is 17.8 Å². The lowest BCUT2D eigenvalue weighted by Gasteiger charge is -2.02. The number of nitrogens with zero attached hydrogens (tertiary/aromatic N) is 1. The lowest BCUT2D eigenvalue weighted by atomic mass is 10.1. The van der Waals surface area contributed by atoms with E-state index in [-0.39, 0.29) is 0 Å². The summed E-state index contributed by atoms with van der Waals surface area (Å²) in [5.74, 6) is -0.983. The van der Waals surface area contributed by atoms with E-state index in [1.807, 2.05) is 6.92 Å². The highest BCUT2D eigenvalue weighted by molar-refractivity contribution is 7.98. The van der Waals surface area contributed by atoms with Crippen molar-refractivity contribution in [2.75, 3.05) is 0 Å². The van der Waals surface area contributed by atoms with Gasteiger partial charge < -0.3 is 9.52 Å². The average Bonchev–Trinajstić information content (AvgIpc) is 2.79. The van der Waals surface area contributed by atoms with Gasteiger partial charge in [-0.2, -0.15) is 0 Å². The molecule has 0 amide bonds. The van der Waals surface area contributed by atoms with Crippen LogP contribution in [0.25, 0.3) is 6.08 Å². The third-order valence-corrected chi connectivity index (χ3v) is 3.27. The Hall–Kier alpha value is -2.08. The van der Waals surface area contributed by atoms with Crippen molar-refractivity contribution in [2.24, 2.45) is 0 Å². The third kappa shape index (κ3) is 4.24. The predicted octanol–water partition coefficient (Wildman–Crippen LogP) is 3.51. The first kappa shape index (κ1) is 14.3. The summed E-state index contributed by atoms with van der Waals surface area (Å²) in [6.45, 7) is 1.82. The quantitative estimate of drug-likeness (QED) is 0.675. The van der Waals surface area contributed by atoms with E-state index in [1.165, 1.54) is 30.0 Å². The Morgan fingerprint density at radius 3 is 2.95 bits per heavy atom. The van der Waals surface area contributed by atoms with Crippen LogP contribution in [-0.4, -0.2) is 16.1 Å². The molecule has 0 aliphatic rings. The van der Waals surface area contributed by atoms with Gasteiger partial charge in [0, 0.05) is 11.8 Å². The van der Waals surface area contributed by atoms with Gasteiger partial charge in [0.25, 0.3) is 5.22 Å². The number of thioether (sulfide) groups is 1. The second-order valence-corrected chi connectivity index (χ2v) is 5.03. The number of carboxylic acid groups (broad SMARTS) is 1. The zero-order valence-electron chi connectivity index (χ0n) is 10.7. The molecule has 2 rings (SSSR count). The third-order valence-electron chi connectivity index (χ3n) is 2.36. The normalized spacial score (nSPS) is 11.1. The van der Waals surface area contributed by atoms with Crippen molar-refractivity contribution >= 4 is 23.8 Å². The summed E-state index contributed by atoms with van der Waals surface area (Å²) < 4.78 is 18.6. The van der Waals surface area contributed by atoms with Crippen molar-refractivity contribution in [3.05, 3.63) is 53.2 Å². The number of aromatic nitrogens is 1. The maximum absolute atomic E-state index is 13.5. The topological polar surface area (TPSA) is 63.3 Å². The number of carboxylic acids is 1. The monoisotopic (exact) mass is 293 g/mol. The van der Waals surface area contributed by atoms with Gasteiger partial charge in [0.15, 0.2) is 0 Å². The van der Waals surface area contributed by atoms with Crippen LogP contribution in [0.3, 0.4) is 0 Å². The molecule has 1 aromatic carbocycles. The van der Waals surface area contributed by atoms with Gasteiger partial charge in [-0.05, 0) is 36.3 Å². The second-order valence-electron chi connectivity index (χ2n) is 4.11. The van der Waals surface area contributed by atoms with Gasteiger partial charge in [-0.25, -0.2) is 14.2 Å². The number of aryl methyl sites for hydroxylation is 1. The van der Waals surface area contributed by atoms with Crippen LogP contribution >= 0.6 is 11.8 Å². The molecule has 1 N–H and O–H groups in total. The Bertz CT molecular complexity index is 652. The molecule has 0 unspecified atom stereocenters. The van der Waals surface area contributed by atoms with Gasteiger partial charge in [0.2, 0.25) is 0 Å². The molecular formula is C14H12FNO3S. The van der Waals surface area contributed by atoms with Crippen molar-refractivity contribution in [1.82, 2.24) is 4.98 Å². The van der Waals surface area contributed by atoms with Crippen LogP contribution in [0.2, 0.25) is 0 Å². The number of carbonyl (C=O) groups is 1. The minimum absolute atomic E-state index is 0.406. The van der Waals surface area contributed by atoms with E-state index in [9.17, 15) is 9.18 Å². The molecule has 6 heteroatoms. The number of hydrogen-bond donors (Lipinski definition) is 1. The maximum Gasteiger partial charge on any atom is 0.328 e. The first-order valence-corrected chi connectivity index (χ1v) is 6.77. The summed E-state index contributed by atoms with van der Waals surface area (Å²) in [5, 5.41) is 9.09. The Labute approximate surface area is 119 Å². The van der Waals surface area contributed by atoms with Gasteiger partial charge in [0.1, 0.15) is 12.1 Å². The van der Waals surface area contributed by atoms with Crippen molar-refractivity contribution in [2.45, 2.75) is 17.9 Å². The van der Waals surface area contributed by atoms with Crippen LogP contribution in [0.4, 0.5) is 4.39 Å². The van der Waals surface area contributed by atoms with Crippen molar-refractivity contribution in [3.63, 3.8) is 0 Å². The van der Waals surface area contributed by atoms with E-state index in [2.05, 4.69) is 4.98 Å². The molecule has 20 heavy (non-hydrogen) atoms. The molecule has 2 aromatic rings. The van der Waals surface area contributed by atoms with Crippen LogP contribution < -0.4 is 0 Å². The number of oxazole rings is 1. The van der Waals surface area contributed by atoms with E-state index >= 15 is 0 Å². The minimum Gasteiger partial charge on any atom is -0.478 e. The lowest BCUT2D eigenvalue weighted by Crippen LogP contribution is -1.89. The molecule has 0 fully saturated rings. The average molecular weight is 293 g/mol. The number of benzene rings is 1. The number of hydrogen-bond acceptors (Lipinski definition) is 4. The van der Waals surface area contributed by atoms with Crippen LogP contribution in [0, 0.1) is 12.7 Å². The van der Waals surface area contributed by atoms with Crippen LogP contribution in [0.1, 0.15) is 16.8 Å². The predicted molar refractivity (Wildman–Crippen MR) is 73.9 cm³/mol. The molecule has 0 atom stereocenters. The molecule has 0 aliphatic carbocycles. The SMILES string of the molecule is Cc1coc(SCc2cc(F)cc(/C=C/C(=O)O)c2)n1. The fourth-order valence-corrected chi connectivity index (χ4v) is 2.35. The lowest BCUT2D eigenvalue weighted by molar-refractivity contribution is -0.131. The van der Waals surface area contributed by atoms with Gasteiger partial charge in [-0.3, -0.25) is 0 Å². The summed E-state index contributed by atoms with van der Waals surface area (Å²) in [6, 6.07) is 4.41. The summed E-state index contributed by atoms with van der Waals surface area (Å²) >= 11 is 1.35. The largest absolute Gasteiger partial charge is 0.478 e. The van der Waals surface area contributed by atoms with E-state index in [0.717, 1.165) is 17.3 Å². The highest BCUT2D eigenvalue weighted by Gasteiger charge is 2.04. The van der Waals surface area contributed by atoms with Crippen LogP contribution in [0.15, 0.2) is 40.2 Å². The van der Waals surface area contributed by atoms with Gasteiger partial charge in [-0.15, -0.1) is 0 Å². The summed E-state index contributed by atoms with van der Waals surface area (Å²) in [6.07, 6.45) is 3.88. The Kier molecular flexibility index (Phi) is 4.57. The Morgan fingerprint density at radius 2 is 2.30 bits per heavy atom. The first-order chi connectivity index (χ1) is 9.52. The molecule has 0 saturated carbocycles. The Balaban J connectivity index is 2.09. The fraction of sp³-hybridized carbons (Fsp3) is 0.143. The molecule has 104 valence electrons.